The predicted molar refractivity (Wildman–Crippen MR) is 46.5 cm³/mol. The van der Waals surface area contributed by atoms with Gasteiger partial charge in [-0.1, -0.05) is 6.92 Å². The van der Waals surface area contributed by atoms with Crippen molar-refractivity contribution in [1.29, 1.82) is 0 Å². The Morgan fingerprint density at radius 3 is 2.58 bits per heavy atom. The fraction of sp³-hybridized carbons (Fsp3) is 0.889. The van der Waals surface area contributed by atoms with Gasteiger partial charge in [0.25, 0.3) is 0 Å². The Kier molecular flexibility index (Phi) is 3.09. The number of nitrogens with two attached hydrogens (primary N) is 1. The van der Waals surface area contributed by atoms with Crippen molar-refractivity contribution in [2.45, 2.75) is 45.3 Å². The van der Waals surface area contributed by atoms with Crippen LogP contribution in [0.5, 0.6) is 0 Å². The Balaban J connectivity index is 2.38. The van der Waals surface area contributed by atoms with E-state index in [1.807, 2.05) is 0 Å². The molecule has 0 heterocycles. The SMILES string of the molecule is CC(=O)OC1CC(C)CC(N)C1. The van der Waals surface area contributed by atoms with Gasteiger partial charge in [0, 0.05) is 13.0 Å². The van der Waals surface area contributed by atoms with Crippen LogP contribution >= 0.6 is 0 Å². The highest BCUT2D eigenvalue weighted by Gasteiger charge is 2.25. The van der Waals surface area contributed by atoms with Crippen molar-refractivity contribution in [3.63, 3.8) is 0 Å². The number of carbonyl (C=O) groups is 1. The standard InChI is InChI=1S/C9H17NO2/c1-6-3-8(10)5-9(4-6)12-7(2)11/h6,8-9H,3-5,10H2,1-2H3. The van der Waals surface area contributed by atoms with E-state index in [-0.39, 0.29) is 18.1 Å². The molecule has 0 aromatic rings. The van der Waals surface area contributed by atoms with Crippen LogP contribution < -0.4 is 5.73 Å². The second-order valence-corrected chi connectivity index (χ2v) is 3.80. The Bertz CT molecular complexity index is 160. The van der Waals surface area contributed by atoms with Gasteiger partial charge in [0.1, 0.15) is 6.10 Å². The molecule has 1 saturated carbocycles. The Labute approximate surface area is 73.3 Å². The summed E-state index contributed by atoms with van der Waals surface area (Å²) in [4.78, 5) is 10.7. The van der Waals surface area contributed by atoms with E-state index < -0.39 is 0 Å². The van der Waals surface area contributed by atoms with Crippen LogP contribution in [0.15, 0.2) is 0 Å². The molecule has 70 valence electrons. The highest BCUT2D eigenvalue weighted by atomic mass is 16.5. The second kappa shape index (κ2) is 3.90. The molecule has 1 rings (SSSR count). The number of carbonyl (C=O) groups excluding carboxylic acids is 1. The number of esters is 1. The molecule has 0 spiro atoms. The predicted octanol–water partition coefficient (Wildman–Crippen LogP) is 1.07. The van der Waals surface area contributed by atoms with Crippen LogP contribution in [0.25, 0.3) is 0 Å². The molecule has 0 saturated heterocycles. The lowest BCUT2D eigenvalue weighted by atomic mass is 9.85. The molecule has 1 aliphatic carbocycles. The first-order valence-electron chi connectivity index (χ1n) is 4.50. The van der Waals surface area contributed by atoms with Crippen LogP contribution in [0, 0.1) is 5.92 Å². The van der Waals surface area contributed by atoms with Crippen LogP contribution in [-0.4, -0.2) is 18.1 Å². The van der Waals surface area contributed by atoms with Gasteiger partial charge in [-0.2, -0.15) is 0 Å². The Morgan fingerprint density at radius 2 is 2.08 bits per heavy atom. The molecule has 0 radical (unpaired) electrons. The lowest BCUT2D eigenvalue weighted by Crippen LogP contribution is -2.36. The zero-order chi connectivity index (χ0) is 9.14. The minimum absolute atomic E-state index is 0.0567. The summed E-state index contributed by atoms with van der Waals surface area (Å²) in [5, 5.41) is 0. The van der Waals surface area contributed by atoms with Gasteiger partial charge in [0.2, 0.25) is 0 Å². The van der Waals surface area contributed by atoms with E-state index >= 15 is 0 Å². The monoisotopic (exact) mass is 171 g/mol. The van der Waals surface area contributed by atoms with Crippen LogP contribution in [0.4, 0.5) is 0 Å². The summed E-state index contributed by atoms with van der Waals surface area (Å²) in [6, 6.07) is 0.207. The first-order chi connectivity index (χ1) is 5.58. The zero-order valence-electron chi connectivity index (χ0n) is 7.75. The van der Waals surface area contributed by atoms with Gasteiger partial charge >= 0.3 is 5.97 Å². The van der Waals surface area contributed by atoms with Crippen molar-refractivity contribution >= 4 is 5.97 Å². The molecule has 12 heavy (non-hydrogen) atoms. The normalized spacial score (nSPS) is 36.1. The summed E-state index contributed by atoms with van der Waals surface area (Å²) in [7, 11) is 0. The van der Waals surface area contributed by atoms with Gasteiger partial charge in [-0.05, 0) is 25.2 Å². The molecular weight excluding hydrogens is 154 g/mol. The minimum atomic E-state index is -0.193. The van der Waals surface area contributed by atoms with E-state index in [0.29, 0.717) is 5.92 Å². The van der Waals surface area contributed by atoms with Gasteiger partial charge in [-0.3, -0.25) is 4.79 Å². The van der Waals surface area contributed by atoms with E-state index in [9.17, 15) is 4.79 Å². The number of rotatable bonds is 1. The maximum Gasteiger partial charge on any atom is 0.302 e. The summed E-state index contributed by atoms with van der Waals surface area (Å²) >= 11 is 0. The van der Waals surface area contributed by atoms with Crippen molar-refractivity contribution in [3.05, 3.63) is 0 Å². The Hall–Kier alpha value is -0.570. The summed E-state index contributed by atoms with van der Waals surface area (Å²) in [6.45, 7) is 3.60. The van der Waals surface area contributed by atoms with Gasteiger partial charge in [-0.25, -0.2) is 0 Å². The van der Waals surface area contributed by atoms with E-state index in [1.54, 1.807) is 0 Å². The van der Waals surface area contributed by atoms with Crippen molar-refractivity contribution in [1.82, 2.24) is 0 Å². The van der Waals surface area contributed by atoms with E-state index in [4.69, 9.17) is 10.5 Å². The van der Waals surface area contributed by atoms with Gasteiger partial charge < -0.3 is 10.5 Å². The number of hydrogen-bond acceptors (Lipinski definition) is 3. The average molecular weight is 171 g/mol. The molecule has 0 aliphatic heterocycles. The molecule has 0 aromatic heterocycles. The van der Waals surface area contributed by atoms with Crippen LogP contribution in [0.2, 0.25) is 0 Å². The minimum Gasteiger partial charge on any atom is -0.462 e. The summed E-state index contributed by atoms with van der Waals surface area (Å²) in [6.07, 6.45) is 2.90. The first-order valence-corrected chi connectivity index (χ1v) is 4.50. The molecule has 3 unspecified atom stereocenters. The van der Waals surface area contributed by atoms with Crippen molar-refractivity contribution in [3.8, 4) is 0 Å². The number of ether oxygens (including phenoxy) is 1. The Morgan fingerprint density at radius 1 is 1.42 bits per heavy atom. The van der Waals surface area contributed by atoms with Crippen molar-refractivity contribution in [2.75, 3.05) is 0 Å². The van der Waals surface area contributed by atoms with Gasteiger partial charge in [0.15, 0.2) is 0 Å². The molecule has 0 amide bonds. The molecule has 2 N–H and O–H groups in total. The average Bonchev–Trinajstić information content (AvgIpc) is 1.81. The third-order valence-electron chi connectivity index (χ3n) is 2.27. The first kappa shape index (κ1) is 9.52. The summed E-state index contributed by atoms with van der Waals surface area (Å²) in [5.74, 6) is 0.388. The third-order valence-corrected chi connectivity index (χ3v) is 2.27. The molecule has 0 bridgehead atoms. The lowest BCUT2D eigenvalue weighted by molar-refractivity contribution is -0.148. The fourth-order valence-electron chi connectivity index (χ4n) is 1.92. The maximum atomic E-state index is 10.7. The molecule has 1 fully saturated rings. The van der Waals surface area contributed by atoms with Gasteiger partial charge in [-0.15, -0.1) is 0 Å². The highest BCUT2D eigenvalue weighted by Crippen LogP contribution is 2.25. The third kappa shape index (κ3) is 2.81. The van der Waals surface area contributed by atoms with Gasteiger partial charge in [0.05, 0.1) is 0 Å². The highest BCUT2D eigenvalue weighted by molar-refractivity contribution is 5.66. The molecular formula is C9H17NO2. The van der Waals surface area contributed by atoms with Crippen LogP contribution in [0.1, 0.15) is 33.1 Å². The van der Waals surface area contributed by atoms with E-state index in [0.717, 1.165) is 19.3 Å². The lowest BCUT2D eigenvalue weighted by Gasteiger charge is -2.30. The summed E-state index contributed by atoms with van der Waals surface area (Å²) < 4.78 is 5.11. The molecule has 3 heteroatoms. The smallest absolute Gasteiger partial charge is 0.302 e. The molecule has 3 atom stereocenters. The van der Waals surface area contributed by atoms with Crippen molar-refractivity contribution < 1.29 is 9.53 Å². The molecule has 3 nitrogen and oxygen atoms in total. The van der Waals surface area contributed by atoms with Crippen molar-refractivity contribution in [2.24, 2.45) is 11.7 Å². The topological polar surface area (TPSA) is 52.3 Å². The maximum absolute atomic E-state index is 10.7. The summed E-state index contributed by atoms with van der Waals surface area (Å²) in [5.41, 5.74) is 5.80. The zero-order valence-corrected chi connectivity index (χ0v) is 7.75. The molecule has 0 aromatic carbocycles. The number of hydrogen-bond donors (Lipinski definition) is 1. The van der Waals surface area contributed by atoms with Crippen LogP contribution in [0.3, 0.4) is 0 Å². The largest absolute Gasteiger partial charge is 0.462 e. The fourth-order valence-corrected chi connectivity index (χ4v) is 1.92. The van der Waals surface area contributed by atoms with E-state index in [2.05, 4.69) is 6.92 Å². The quantitative estimate of drug-likeness (QED) is 0.600. The second-order valence-electron chi connectivity index (χ2n) is 3.80. The van der Waals surface area contributed by atoms with Crippen LogP contribution in [-0.2, 0) is 9.53 Å². The van der Waals surface area contributed by atoms with E-state index in [1.165, 1.54) is 6.92 Å². The molecule has 1 aliphatic rings.